The topological polar surface area (TPSA) is 32.8 Å². The van der Waals surface area contributed by atoms with Crippen molar-refractivity contribution in [2.45, 2.75) is 12.8 Å². The summed E-state index contributed by atoms with van der Waals surface area (Å²) < 4.78 is 35.7. The molecule has 0 bridgehead atoms. The van der Waals surface area contributed by atoms with Gasteiger partial charge < -0.3 is 0 Å². The van der Waals surface area contributed by atoms with E-state index in [0.717, 1.165) is 0 Å². The molecule has 0 amide bonds. The maximum atomic E-state index is 12.0. The first kappa shape index (κ1) is 9.76. The van der Waals surface area contributed by atoms with Gasteiger partial charge in [-0.05, 0) is 0 Å². The molecule has 0 unspecified atom stereocenters. The van der Waals surface area contributed by atoms with E-state index in [4.69, 9.17) is 11.6 Å². The van der Waals surface area contributed by atoms with Crippen LogP contribution in [0.3, 0.4) is 0 Å². The summed E-state index contributed by atoms with van der Waals surface area (Å²) >= 11 is 5.78. The first-order valence-corrected chi connectivity index (χ1v) is 3.95. The van der Waals surface area contributed by atoms with Crippen molar-refractivity contribution in [2.75, 3.05) is 0 Å². The quantitative estimate of drug-likeness (QED) is 0.711. The molecule has 1 aromatic rings. The number of alkyl halides is 3. The summed E-state index contributed by atoms with van der Waals surface area (Å²) in [5, 5.41) is 10.2. The van der Waals surface area contributed by atoms with Gasteiger partial charge in [0.25, 0.3) is 0 Å². The zero-order chi connectivity index (χ0) is 9.35. The molecular weight excluding hydrogens is 215 g/mol. The smallest absolute Gasteiger partial charge is 0.231 e. The van der Waals surface area contributed by atoms with Gasteiger partial charge in [0.1, 0.15) is 6.61 Å². The summed E-state index contributed by atoms with van der Waals surface area (Å²) in [5.41, 5.74) is -1.16. The number of hydrogen-bond donors (Lipinski definition) is 0. The van der Waals surface area contributed by atoms with Gasteiger partial charge in [-0.2, -0.15) is 13.2 Å². The van der Waals surface area contributed by atoms with Crippen LogP contribution >= 0.6 is 22.9 Å². The third kappa shape index (κ3) is 1.88. The fraction of sp³-hybridized carbons (Fsp3) is 0.400. The Kier molecular flexibility index (Phi) is 2.60. The van der Waals surface area contributed by atoms with Crippen LogP contribution in [-0.2, 0) is 17.9 Å². The highest BCUT2D eigenvalue weighted by molar-refractivity contribution is 7.15. The Labute approximate surface area is 74.6 Å². The Bertz CT molecular complexity index is 285. The van der Waals surface area contributed by atoms with Crippen molar-refractivity contribution in [3.05, 3.63) is 15.0 Å². The van der Waals surface area contributed by atoms with E-state index in [0.29, 0.717) is 11.3 Å². The standard InChI is InChI=1S/C5H2ClF3NOS/c6-4-10-3(5(7,8)9)2(1-11)12-4/h1H2. The largest absolute Gasteiger partial charge is 0.434 e. The second kappa shape index (κ2) is 3.20. The van der Waals surface area contributed by atoms with Gasteiger partial charge in [0.05, 0.1) is 4.88 Å². The molecule has 1 heterocycles. The molecule has 0 aliphatic rings. The van der Waals surface area contributed by atoms with Gasteiger partial charge in [0.15, 0.2) is 10.2 Å². The van der Waals surface area contributed by atoms with Gasteiger partial charge in [0, 0.05) is 0 Å². The number of nitrogens with zero attached hydrogens (tertiary/aromatic N) is 1. The van der Waals surface area contributed by atoms with E-state index in [9.17, 15) is 18.3 Å². The lowest BCUT2D eigenvalue weighted by molar-refractivity contribution is -0.142. The maximum Gasteiger partial charge on any atom is 0.434 e. The molecule has 2 nitrogen and oxygen atoms in total. The molecule has 1 radical (unpaired) electrons. The SMILES string of the molecule is [O]Cc1sc(Cl)nc1C(F)(F)F. The van der Waals surface area contributed by atoms with E-state index in [2.05, 4.69) is 4.98 Å². The molecule has 0 N–H and O–H groups in total. The molecule has 1 aromatic heterocycles. The second-order valence-electron chi connectivity index (χ2n) is 1.88. The molecule has 0 aromatic carbocycles. The van der Waals surface area contributed by atoms with Gasteiger partial charge in [-0.25, -0.2) is 10.1 Å². The predicted octanol–water partition coefficient (Wildman–Crippen LogP) is 2.75. The van der Waals surface area contributed by atoms with Crippen LogP contribution in [0.4, 0.5) is 13.2 Å². The van der Waals surface area contributed by atoms with Gasteiger partial charge >= 0.3 is 6.18 Å². The molecule has 0 fully saturated rings. The van der Waals surface area contributed by atoms with E-state index in [-0.39, 0.29) is 9.34 Å². The number of rotatable bonds is 1. The first-order valence-electron chi connectivity index (χ1n) is 2.75. The monoisotopic (exact) mass is 216 g/mol. The minimum atomic E-state index is -4.58. The van der Waals surface area contributed by atoms with Gasteiger partial charge in [0.2, 0.25) is 0 Å². The highest BCUT2D eigenvalue weighted by Crippen LogP contribution is 2.35. The van der Waals surface area contributed by atoms with Crippen molar-refractivity contribution < 1.29 is 18.3 Å². The molecule has 0 atom stereocenters. The Balaban J connectivity index is 3.13. The highest BCUT2D eigenvalue weighted by Gasteiger charge is 2.37. The van der Waals surface area contributed by atoms with Crippen molar-refractivity contribution in [2.24, 2.45) is 0 Å². The molecule has 67 valence electrons. The van der Waals surface area contributed by atoms with Crippen LogP contribution in [0.2, 0.25) is 4.47 Å². The maximum absolute atomic E-state index is 12.0. The Morgan fingerprint density at radius 3 is 2.42 bits per heavy atom. The van der Waals surface area contributed by atoms with Crippen LogP contribution in [0.15, 0.2) is 0 Å². The van der Waals surface area contributed by atoms with Crippen LogP contribution in [0.1, 0.15) is 10.6 Å². The minimum absolute atomic E-state index is 0.256. The van der Waals surface area contributed by atoms with Crippen molar-refractivity contribution in [3.63, 3.8) is 0 Å². The first-order chi connectivity index (χ1) is 5.45. The van der Waals surface area contributed by atoms with Gasteiger partial charge in [-0.3, -0.25) is 0 Å². The molecule has 12 heavy (non-hydrogen) atoms. The molecule has 0 aliphatic carbocycles. The van der Waals surface area contributed by atoms with Crippen molar-refractivity contribution in [3.8, 4) is 0 Å². The summed E-state index contributed by atoms with van der Waals surface area (Å²) in [4.78, 5) is 2.64. The zero-order valence-electron chi connectivity index (χ0n) is 5.48. The number of thiazole rings is 1. The van der Waals surface area contributed by atoms with Crippen LogP contribution in [0.25, 0.3) is 0 Å². The fourth-order valence-electron chi connectivity index (χ4n) is 0.642. The second-order valence-corrected chi connectivity index (χ2v) is 3.55. The van der Waals surface area contributed by atoms with E-state index in [1.165, 1.54) is 0 Å². The lowest BCUT2D eigenvalue weighted by Crippen LogP contribution is -2.08. The lowest BCUT2D eigenvalue weighted by atomic mass is 10.4. The number of hydrogen-bond acceptors (Lipinski definition) is 2. The zero-order valence-corrected chi connectivity index (χ0v) is 7.06. The van der Waals surface area contributed by atoms with E-state index in [1.54, 1.807) is 0 Å². The lowest BCUT2D eigenvalue weighted by Gasteiger charge is -2.02. The molecule has 0 saturated carbocycles. The average molecular weight is 217 g/mol. The van der Waals surface area contributed by atoms with Crippen LogP contribution in [0.5, 0.6) is 0 Å². The summed E-state index contributed by atoms with van der Waals surface area (Å²) in [6, 6.07) is 0. The minimum Gasteiger partial charge on any atom is -0.231 e. The van der Waals surface area contributed by atoms with Gasteiger partial charge in [-0.15, -0.1) is 11.3 Å². The molecule has 0 spiro atoms. The Hall–Kier alpha value is -0.330. The molecule has 0 saturated heterocycles. The van der Waals surface area contributed by atoms with Crippen LogP contribution in [0, 0.1) is 0 Å². The summed E-state index contributed by atoms with van der Waals surface area (Å²) in [6.45, 7) is -0.945. The fourth-order valence-corrected chi connectivity index (χ4v) is 1.66. The third-order valence-electron chi connectivity index (χ3n) is 1.07. The molecule has 0 aliphatic heterocycles. The molecule has 7 heteroatoms. The van der Waals surface area contributed by atoms with Gasteiger partial charge in [-0.1, -0.05) is 11.6 Å². The van der Waals surface area contributed by atoms with E-state index >= 15 is 0 Å². The van der Waals surface area contributed by atoms with Crippen molar-refractivity contribution in [1.82, 2.24) is 4.98 Å². The van der Waals surface area contributed by atoms with Crippen LogP contribution in [-0.4, -0.2) is 4.98 Å². The van der Waals surface area contributed by atoms with E-state index < -0.39 is 18.5 Å². The van der Waals surface area contributed by atoms with Crippen molar-refractivity contribution in [1.29, 1.82) is 0 Å². The predicted molar refractivity (Wildman–Crippen MR) is 36.5 cm³/mol. The summed E-state index contributed by atoms with van der Waals surface area (Å²) in [6.07, 6.45) is -4.58. The Morgan fingerprint density at radius 2 is 2.08 bits per heavy atom. The van der Waals surface area contributed by atoms with Crippen molar-refractivity contribution >= 4 is 22.9 Å². The molecule has 1 rings (SSSR count). The molecular formula is C5H2ClF3NOS. The normalized spacial score (nSPS) is 12.1. The number of aromatic nitrogens is 1. The third-order valence-corrected chi connectivity index (χ3v) is 2.20. The Morgan fingerprint density at radius 1 is 1.50 bits per heavy atom. The summed E-state index contributed by atoms with van der Waals surface area (Å²) in [5.74, 6) is 0. The van der Waals surface area contributed by atoms with Crippen LogP contribution < -0.4 is 0 Å². The van der Waals surface area contributed by atoms with E-state index in [1.807, 2.05) is 0 Å². The highest BCUT2D eigenvalue weighted by atomic mass is 35.5. The average Bonchev–Trinajstić information content (AvgIpc) is 2.29. The number of halogens is 4. The summed E-state index contributed by atoms with van der Waals surface area (Å²) in [7, 11) is 0.